The van der Waals surface area contributed by atoms with Gasteiger partial charge in [0.2, 0.25) is 10.0 Å². The van der Waals surface area contributed by atoms with Crippen LogP contribution in [0.25, 0.3) is 0 Å². The Morgan fingerprint density at radius 2 is 1.75 bits per heavy atom. The molecule has 128 valence electrons. The Morgan fingerprint density at radius 1 is 1.08 bits per heavy atom. The van der Waals surface area contributed by atoms with Crippen LogP contribution in [0.1, 0.15) is 5.56 Å². The molecule has 0 heterocycles. The van der Waals surface area contributed by atoms with Crippen molar-refractivity contribution >= 4 is 56.7 Å². The van der Waals surface area contributed by atoms with Crippen LogP contribution in [0.2, 0.25) is 15.1 Å². The smallest absolute Gasteiger partial charge is 0.244 e. The molecule has 24 heavy (non-hydrogen) atoms. The molecular weight excluding hydrogens is 395 g/mol. The monoisotopic (exact) mass is 406 g/mol. The minimum Gasteiger partial charge on any atom is -0.506 e. The van der Waals surface area contributed by atoms with E-state index in [-0.39, 0.29) is 20.7 Å². The molecule has 0 aliphatic rings. The molecule has 0 radical (unpaired) electrons. The molecule has 0 amide bonds. The minimum atomic E-state index is -3.70. The molecule has 0 atom stereocenters. The predicted octanol–water partition coefficient (Wildman–Crippen LogP) is 4.35. The van der Waals surface area contributed by atoms with Crippen LogP contribution in [0.3, 0.4) is 0 Å². The van der Waals surface area contributed by atoms with E-state index in [0.29, 0.717) is 16.3 Å². The summed E-state index contributed by atoms with van der Waals surface area (Å²) < 4.78 is 25.5. The summed E-state index contributed by atoms with van der Waals surface area (Å²) in [5, 5.41) is 10.4. The average Bonchev–Trinajstić information content (AvgIpc) is 2.50. The molecule has 2 aromatic rings. The summed E-state index contributed by atoms with van der Waals surface area (Å²) in [6.45, 7) is 0. The van der Waals surface area contributed by atoms with Crippen LogP contribution in [0, 0.1) is 0 Å². The van der Waals surface area contributed by atoms with E-state index in [4.69, 9.17) is 34.8 Å². The fourth-order valence-electron chi connectivity index (χ4n) is 1.80. The number of aliphatic imine (C=N–C) groups is 1. The zero-order chi connectivity index (χ0) is 18.1. The first kappa shape index (κ1) is 19.0. The number of benzene rings is 2. The van der Waals surface area contributed by atoms with Crippen molar-refractivity contribution in [2.24, 2.45) is 4.99 Å². The standard InChI is InChI=1S/C15H13Cl3N2O3S/c1-20(2)24(22,23)14-7-11(3-4-12(14)17)19-8-9-5-10(16)6-13(18)15(9)21/h3-8,21H,1-2H3. The fourth-order valence-corrected chi connectivity index (χ4v) is 3.69. The molecule has 0 fully saturated rings. The maximum absolute atomic E-state index is 12.2. The van der Waals surface area contributed by atoms with Crippen LogP contribution in [0.5, 0.6) is 5.75 Å². The summed E-state index contributed by atoms with van der Waals surface area (Å²) in [6.07, 6.45) is 1.34. The fraction of sp³-hybridized carbons (Fsp3) is 0.133. The summed E-state index contributed by atoms with van der Waals surface area (Å²) in [5.74, 6) is -0.167. The van der Waals surface area contributed by atoms with Crippen LogP contribution in [0.4, 0.5) is 5.69 Å². The molecular formula is C15H13Cl3N2O3S. The lowest BCUT2D eigenvalue weighted by Crippen LogP contribution is -2.22. The second-order valence-electron chi connectivity index (χ2n) is 4.99. The molecule has 0 aliphatic heterocycles. The molecule has 0 saturated carbocycles. The quantitative estimate of drug-likeness (QED) is 0.766. The second kappa shape index (κ2) is 7.29. The van der Waals surface area contributed by atoms with Gasteiger partial charge in [0.05, 0.1) is 15.7 Å². The molecule has 0 aliphatic carbocycles. The van der Waals surface area contributed by atoms with Crippen LogP contribution >= 0.6 is 34.8 Å². The van der Waals surface area contributed by atoms with Crippen LogP contribution < -0.4 is 0 Å². The summed E-state index contributed by atoms with van der Waals surface area (Å²) in [6, 6.07) is 7.23. The van der Waals surface area contributed by atoms with Gasteiger partial charge in [-0.1, -0.05) is 34.8 Å². The highest BCUT2D eigenvalue weighted by Crippen LogP contribution is 2.31. The van der Waals surface area contributed by atoms with Gasteiger partial charge in [-0.2, -0.15) is 0 Å². The molecule has 0 aromatic heterocycles. The maximum Gasteiger partial charge on any atom is 0.244 e. The molecule has 1 N–H and O–H groups in total. The minimum absolute atomic E-state index is 0.0582. The number of hydrogen-bond acceptors (Lipinski definition) is 4. The lowest BCUT2D eigenvalue weighted by atomic mass is 10.2. The molecule has 2 aromatic carbocycles. The van der Waals surface area contributed by atoms with Crippen molar-refractivity contribution in [2.45, 2.75) is 4.90 Å². The van der Waals surface area contributed by atoms with E-state index >= 15 is 0 Å². The van der Waals surface area contributed by atoms with Crippen molar-refractivity contribution < 1.29 is 13.5 Å². The maximum atomic E-state index is 12.2. The summed E-state index contributed by atoms with van der Waals surface area (Å²) in [7, 11) is -0.878. The van der Waals surface area contributed by atoms with Gasteiger partial charge >= 0.3 is 0 Å². The Balaban J connectivity index is 2.46. The van der Waals surface area contributed by atoms with Crippen molar-refractivity contribution in [3.05, 3.63) is 51.0 Å². The third-order valence-corrected chi connectivity index (χ3v) is 5.89. The van der Waals surface area contributed by atoms with Crippen molar-refractivity contribution in [1.29, 1.82) is 0 Å². The number of halogens is 3. The van der Waals surface area contributed by atoms with Crippen molar-refractivity contribution in [3.63, 3.8) is 0 Å². The Hall–Kier alpha value is -1.31. The highest BCUT2D eigenvalue weighted by Gasteiger charge is 2.21. The largest absolute Gasteiger partial charge is 0.506 e. The lowest BCUT2D eigenvalue weighted by molar-refractivity contribution is 0.475. The second-order valence-corrected chi connectivity index (χ2v) is 8.36. The average molecular weight is 408 g/mol. The normalized spacial score (nSPS) is 12.2. The number of phenols is 1. The zero-order valence-electron chi connectivity index (χ0n) is 12.7. The number of hydrogen-bond donors (Lipinski definition) is 1. The SMILES string of the molecule is CN(C)S(=O)(=O)c1cc(N=Cc2cc(Cl)cc(Cl)c2O)ccc1Cl. The Kier molecular flexibility index (Phi) is 5.78. The zero-order valence-corrected chi connectivity index (χ0v) is 15.7. The summed E-state index contributed by atoms with van der Waals surface area (Å²) >= 11 is 17.7. The first-order valence-corrected chi connectivity index (χ1v) is 9.14. The van der Waals surface area contributed by atoms with Gasteiger partial charge in [0.15, 0.2) is 0 Å². The van der Waals surface area contributed by atoms with Crippen LogP contribution in [0.15, 0.2) is 40.2 Å². The molecule has 9 heteroatoms. The van der Waals surface area contributed by atoms with E-state index in [1.165, 1.54) is 44.6 Å². The highest BCUT2D eigenvalue weighted by molar-refractivity contribution is 7.89. The van der Waals surface area contributed by atoms with Crippen molar-refractivity contribution in [2.75, 3.05) is 14.1 Å². The van der Waals surface area contributed by atoms with Crippen molar-refractivity contribution in [3.8, 4) is 5.75 Å². The van der Waals surface area contributed by atoms with E-state index in [1.807, 2.05) is 0 Å². The Bertz CT molecular complexity index is 912. The highest BCUT2D eigenvalue weighted by atomic mass is 35.5. The summed E-state index contributed by atoms with van der Waals surface area (Å²) in [5.41, 5.74) is 0.648. The van der Waals surface area contributed by atoms with E-state index < -0.39 is 10.0 Å². The summed E-state index contributed by atoms with van der Waals surface area (Å²) in [4.78, 5) is 4.09. The van der Waals surface area contributed by atoms with Gasteiger partial charge in [0, 0.05) is 30.9 Å². The lowest BCUT2D eigenvalue weighted by Gasteiger charge is -2.13. The van der Waals surface area contributed by atoms with Crippen molar-refractivity contribution in [1.82, 2.24) is 4.31 Å². The molecule has 2 rings (SSSR count). The van der Waals surface area contributed by atoms with E-state index in [2.05, 4.69) is 4.99 Å². The first-order valence-electron chi connectivity index (χ1n) is 6.57. The molecule has 0 saturated heterocycles. The van der Waals surface area contributed by atoms with Gasteiger partial charge in [-0.25, -0.2) is 12.7 Å². The Morgan fingerprint density at radius 3 is 2.38 bits per heavy atom. The van der Waals surface area contributed by atoms with E-state index in [0.717, 1.165) is 4.31 Å². The molecule has 0 bridgehead atoms. The van der Waals surface area contributed by atoms with Gasteiger partial charge in [-0.05, 0) is 30.3 Å². The van der Waals surface area contributed by atoms with Gasteiger partial charge in [0.25, 0.3) is 0 Å². The molecule has 0 unspecified atom stereocenters. The molecule has 5 nitrogen and oxygen atoms in total. The number of aromatic hydroxyl groups is 1. The number of sulfonamides is 1. The van der Waals surface area contributed by atoms with Crippen LogP contribution in [-0.4, -0.2) is 38.1 Å². The Labute approximate surface area is 155 Å². The number of nitrogens with zero attached hydrogens (tertiary/aromatic N) is 2. The van der Waals surface area contributed by atoms with Gasteiger partial charge in [-0.3, -0.25) is 4.99 Å². The molecule has 0 spiro atoms. The van der Waals surface area contributed by atoms with Gasteiger partial charge in [-0.15, -0.1) is 0 Å². The van der Waals surface area contributed by atoms with Crippen LogP contribution in [-0.2, 0) is 10.0 Å². The number of rotatable bonds is 4. The third kappa shape index (κ3) is 4.02. The van der Waals surface area contributed by atoms with E-state index in [9.17, 15) is 13.5 Å². The van der Waals surface area contributed by atoms with E-state index in [1.54, 1.807) is 6.07 Å². The first-order chi connectivity index (χ1) is 11.1. The predicted molar refractivity (Wildman–Crippen MR) is 97.7 cm³/mol. The number of phenolic OH excluding ortho intramolecular Hbond substituents is 1. The van der Waals surface area contributed by atoms with Gasteiger partial charge < -0.3 is 5.11 Å². The van der Waals surface area contributed by atoms with Gasteiger partial charge in [0.1, 0.15) is 10.6 Å². The topological polar surface area (TPSA) is 70.0 Å². The third-order valence-electron chi connectivity index (χ3n) is 3.08.